The summed E-state index contributed by atoms with van der Waals surface area (Å²) in [5, 5.41) is 16.1. The third kappa shape index (κ3) is 5.41. The van der Waals surface area contributed by atoms with Crippen molar-refractivity contribution in [2.45, 2.75) is 60.0 Å². The number of methoxy groups -OCH3 is 1. The standard InChI is InChI=1S/C31H35N5O5/c1-6-41-27-14-21-9-11-35-23(22(21)15-26(27)40-5)16-28(33-29-19(3)12-18(2)13-20(29)4)36(31(35)39)10-7-8-24(37)30-25(38)17-32-34-30/h12-17,38H,6-11H2,1-5H3,(H,32,34). The highest BCUT2D eigenvalue weighted by Crippen LogP contribution is 2.38. The van der Waals surface area contributed by atoms with Crippen molar-refractivity contribution in [3.05, 3.63) is 80.4 Å². The Morgan fingerprint density at radius 3 is 2.54 bits per heavy atom. The predicted molar refractivity (Wildman–Crippen MR) is 155 cm³/mol. The molecular formula is C31H35N5O5. The van der Waals surface area contributed by atoms with Gasteiger partial charge in [-0.15, -0.1) is 0 Å². The highest BCUT2D eigenvalue weighted by atomic mass is 16.5. The molecule has 2 aromatic carbocycles. The number of ether oxygens (including phenoxy) is 2. The molecule has 0 spiro atoms. The summed E-state index contributed by atoms with van der Waals surface area (Å²) in [5.74, 6) is 0.833. The first-order valence-electron chi connectivity index (χ1n) is 13.8. The molecule has 0 bridgehead atoms. The SMILES string of the molecule is CCOc1cc2c(cc1OC)-c1cc(=Nc3c(C)cc(C)cc3C)n(CCCC(=O)c3[nH]ncc3O)c(=O)n1CC2. The number of hydrogen-bond donors (Lipinski definition) is 2. The zero-order chi connectivity index (χ0) is 29.3. The normalized spacial score (nSPS) is 12.7. The lowest BCUT2D eigenvalue weighted by Crippen LogP contribution is -2.42. The van der Waals surface area contributed by atoms with E-state index in [1.807, 2.05) is 45.9 Å². The van der Waals surface area contributed by atoms with Crippen LogP contribution in [-0.2, 0) is 19.5 Å². The second-order valence-electron chi connectivity index (χ2n) is 10.3. The number of carbonyl (C=O) groups is 1. The summed E-state index contributed by atoms with van der Waals surface area (Å²) in [6.07, 6.45) is 2.38. The minimum Gasteiger partial charge on any atom is -0.504 e. The van der Waals surface area contributed by atoms with Crippen molar-refractivity contribution in [3.63, 3.8) is 0 Å². The van der Waals surface area contributed by atoms with Crippen LogP contribution < -0.4 is 20.7 Å². The van der Waals surface area contributed by atoms with Gasteiger partial charge in [0, 0.05) is 31.1 Å². The van der Waals surface area contributed by atoms with Crippen molar-refractivity contribution in [2.75, 3.05) is 13.7 Å². The molecule has 41 heavy (non-hydrogen) atoms. The monoisotopic (exact) mass is 557 g/mol. The van der Waals surface area contributed by atoms with Gasteiger partial charge in [0.1, 0.15) is 11.2 Å². The summed E-state index contributed by atoms with van der Waals surface area (Å²) in [6, 6.07) is 10.0. The highest BCUT2D eigenvalue weighted by molar-refractivity contribution is 5.96. The van der Waals surface area contributed by atoms with E-state index in [-0.39, 0.29) is 35.9 Å². The minimum absolute atomic E-state index is 0.0740. The summed E-state index contributed by atoms with van der Waals surface area (Å²) in [7, 11) is 1.60. The fourth-order valence-corrected chi connectivity index (χ4v) is 5.55. The van der Waals surface area contributed by atoms with Crippen LogP contribution in [0.25, 0.3) is 11.3 Å². The van der Waals surface area contributed by atoms with Gasteiger partial charge >= 0.3 is 5.69 Å². The molecule has 10 heteroatoms. The van der Waals surface area contributed by atoms with Crippen LogP contribution in [0.5, 0.6) is 17.2 Å². The molecule has 1 aliphatic rings. The summed E-state index contributed by atoms with van der Waals surface area (Å²) >= 11 is 0. The molecule has 0 saturated carbocycles. The lowest BCUT2D eigenvalue weighted by Gasteiger charge is -2.25. The first kappa shape index (κ1) is 27.9. The molecule has 2 aromatic heterocycles. The number of rotatable bonds is 9. The number of fused-ring (bicyclic) bond motifs is 3. The number of Topliss-reactive ketones (excluding diaryl/α,β-unsaturated/α-hetero) is 1. The van der Waals surface area contributed by atoms with Crippen LogP contribution >= 0.6 is 0 Å². The third-order valence-electron chi connectivity index (χ3n) is 7.41. The molecule has 4 aromatic rings. The molecule has 3 heterocycles. The van der Waals surface area contributed by atoms with Gasteiger partial charge < -0.3 is 14.6 Å². The van der Waals surface area contributed by atoms with Crippen molar-refractivity contribution in [3.8, 4) is 28.5 Å². The van der Waals surface area contributed by atoms with E-state index < -0.39 is 0 Å². The number of nitrogens with zero attached hydrogens (tertiary/aromatic N) is 4. The van der Waals surface area contributed by atoms with Crippen molar-refractivity contribution in [1.29, 1.82) is 0 Å². The van der Waals surface area contributed by atoms with Gasteiger partial charge in [0.05, 0.1) is 31.3 Å². The highest BCUT2D eigenvalue weighted by Gasteiger charge is 2.23. The molecule has 5 rings (SSSR count). The maximum atomic E-state index is 14.0. The summed E-state index contributed by atoms with van der Waals surface area (Å²) in [6.45, 7) is 9.31. The predicted octanol–water partition coefficient (Wildman–Crippen LogP) is 4.53. The fourth-order valence-electron chi connectivity index (χ4n) is 5.55. The van der Waals surface area contributed by atoms with Crippen molar-refractivity contribution in [2.24, 2.45) is 4.99 Å². The number of hydrogen-bond acceptors (Lipinski definition) is 7. The second-order valence-corrected chi connectivity index (χ2v) is 10.3. The molecule has 0 unspecified atom stereocenters. The van der Waals surface area contributed by atoms with Crippen LogP contribution in [0.3, 0.4) is 0 Å². The van der Waals surface area contributed by atoms with Crippen molar-refractivity contribution < 1.29 is 19.4 Å². The molecule has 1 aliphatic heterocycles. The molecule has 2 N–H and O–H groups in total. The van der Waals surface area contributed by atoms with Crippen LogP contribution in [0.2, 0.25) is 0 Å². The van der Waals surface area contributed by atoms with Crippen LogP contribution in [0.15, 0.2) is 46.3 Å². The van der Waals surface area contributed by atoms with Gasteiger partial charge in [-0.1, -0.05) is 17.7 Å². The Bertz CT molecular complexity index is 1740. The molecule has 0 saturated heterocycles. The van der Waals surface area contributed by atoms with E-state index in [1.54, 1.807) is 16.2 Å². The number of nitrogens with one attached hydrogen (secondary N) is 1. The Morgan fingerprint density at radius 1 is 1.12 bits per heavy atom. The lowest BCUT2D eigenvalue weighted by molar-refractivity contribution is 0.0970. The molecule has 0 atom stereocenters. The molecular weight excluding hydrogens is 522 g/mol. The van der Waals surface area contributed by atoms with E-state index >= 15 is 0 Å². The Hall–Kier alpha value is -4.60. The maximum Gasteiger partial charge on any atom is 0.330 e. The van der Waals surface area contributed by atoms with E-state index in [4.69, 9.17) is 14.5 Å². The summed E-state index contributed by atoms with van der Waals surface area (Å²) in [5.41, 5.74) is 7.10. The van der Waals surface area contributed by atoms with Crippen molar-refractivity contribution in [1.82, 2.24) is 19.3 Å². The van der Waals surface area contributed by atoms with Crippen LogP contribution in [0.4, 0.5) is 5.69 Å². The van der Waals surface area contributed by atoms with Gasteiger partial charge in [0.25, 0.3) is 0 Å². The lowest BCUT2D eigenvalue weighted by atomic mass is 9.97. The topological polar surface area (TPSA) is 124 Å². The Balaban J connectivity index is 1.63. The van der Waals surface area contributed by atoms with Gasteiger partial charge in [-0.05, 0) is 69.4 Å². The number of aromatic nitrogens is 4. The van der Waals surface area contributed by atoms with E-state index in [2.05, 4.69) is 22.3 Å². The Morgan fingerprint density at radius 2 is 1.88 bits per heavy atom. The minimum atomic E-state index is -0.270. The fraction of sp³-hybridized carbons (Fsp3) is 0.355. The van der Waals surface area contributed by atoms with Crippen molar-refractivity contribution >= 4 is 11.5 Å². The zero-order valence-corrected chi connectivity index (χ0v) is 24.1. The Labute approximate surface area is 237 Å². The number of aryl methyl sites for hydroxylation is 4. The molecule has 10 nitrogen and oxygen atoms in total. The number of carbonyl (C=O) groups excluding carboxylic acids is 1. The van der Waals surface area contributed by atoms with Crippen LogP contribution in [-0.4, -0.2) is 43.9 Å². The molecule has 0 fully saturated rings. The zero-order valence-electron chi connectivity index (χ0n) is 24.1. The molecule has 0 amide bonds. The maximum absolute atomic E-state index is 14.0. The van der Waals surface area contributed by atoms with Gasteiger partial charge in [0.2, 0.25) is 0 Å². The average Bonchev–Trinajstić information content (AvgIpc) is 3.37. The van der Waals surface area contributed by atoms with Gasteiger partial charge in [0.15, 0.2) is 23.0 Å². The second kappa shape index (κ2) is 11.5. The quantitative estimate of drug-likeness (QED) is 0.292. The largest absolute Gasteiger partial charge is 0.504 e. The number of aromatic amines is 1. The summed E-state index contributed by atoms with van der Waals surface area (Å²) in [4.78, 5) is 31.7. The van der Waals surface area contributed by atoms with Gasteiger partial charge in [-0.25, -0.2) is 9.79 Å². The van der Waals surface area contributed by atoms with E-state index in [1.165, 1.54) is 6.20 Å². The first-order chi connectivity index (χ1) is 19.7. The number of benzene rings is 2. The number of ketones is 1. The van der Waals surface area contributed by atoms with E-state index in [0.717, 1.165) is 39.2 Å². The average molecular weight is 558 g/mol. The molecule has 0 radical (unpaired) electrons. The van der Waals surface area contributed by atoms with Gasteiger partial charge in [-0.3, -0.25) is 19.0 Å². The van der Waals surface area contributed by atoms with E-state index in [9.17, 15) is 14.7 Å². The smallest absolute Gasteiger partial charge is 0.330 e. The molecule has 0 aliphatic carbocycles. The van der Waals surface area contributed by atoms with E-state index in [0.29, 0.717) is 43.0 Å². The Kier molecular flexibility index (Phi) is 7.83. The number of H-pyrrole nitrogens is 1. The molecule has 214 valence electrons. The van der Waals surface area contributed by atoms with Crippen LogP contribution in [0.1, 0.15) is 52.5 Å². The summed E-state index contributed by atoms with van der Waals surface area (Å²) < 4.78 is 14.8. The van der Waals surface area contributed by atoms with Crippen LogP contribution in [0, 0.1) is 20.8 Å². The third-order valence-corrected chi connectivity index (χ3v) is 7.41. The first-order valence-corrected chi connectivity index (χ1v) is 13.8. The van der Waals surface area contributed by atoms with Gasteiger partial charge in [-0.2, -0.15) is 5.10 Å². The number of aromatic hydroxyl groups is 1.